The van der Waals surface area contributed by atoms with Crippen molar-refractivity contribution < 1.29 is 9.13 Å². The number of rotatable bonds is 5. The molecule has 19 heavy (non-hydrogen) atoms. The van der Waals surface area contributed by atoms with Crippen molar-refractivity contribution in [2.75, 3.05) is 51.3 Å². The molecule has 2 rings (SSSR count). The second-order valence-corrected chi connectivity index (χ2v) is 4.79. The fraction of sp³-hybridized carbons (Fsp3) is 0.571. The third-order valence-corrected chi connectivity index (χ3v) is 3.51. The molecule has 5 heteroatoms. The summed E-state index contributed by atoms with van der Waals surface area (Å²) in [6, 6.07) is 8.00. The van der Waals surface area contributed by atoms with Crippen LogP contribution in [0.2, 0.25) is 0 Å². The summed E-state index contributed by atoms with van der Waals surface area (Å²) in [5.41, 5.74) is 6.43. The smallest absolute Gasteiger partial charge is 0.142 e. The van der Waals surface area contributed by atoms with Gasteiger partial charge < -0.3 is 15.4 Å². The van der Waals surface area contributed by atoms with Gasteiger partial charge in [-0.25, -0.2) is 4.39 Å². The normalized spacial score (nSPS) is 18.4. The maximum atomic E-state index is 13.3. The molecule has 1 heterocycles. The maximum absolute atomic E-state index is 13.3. The molecule has 0 amide bonds. The standard InChI is InChI=1S/C14H22FN3O/c1-19-14-5-3-2-4-13(14)18-8-6-17(7-9-18)11-12(15)10-16/h2-5,12H,6-11,16H2,1H3/t12-/m1/s1. The average Bonchev–Trinajstić information content (AvgIpc) is 2.48. The average molecular weight is 267 g/mol. The van der Waals surface area contributed by atoms with E-state index in [0.717, 1.165) is 37.6 Å². The number of alkyl halides is 1. The summed E-state index contributed by atoms with van der Waals surface area (Å²) in [4.78, 5) is 4.41. The molecule has 0 spiro atoms. The van der Waals surface area contributed by atoms with E-state index in [1.54, 1.807) is 7.11 Å². The molecule has 0 bridgehead atoms. The molecule has 1 aromatic carbocycles. The Balaban J connectivity index is 1.92. The summed E-state index contributed by atoms with van der Waals surface area (Å²) >= 11 is 0. The van der Waals surface area contributed by atoms with Gasteiger partial charge in [0.05, 0.1) is 12.8 Å². The van der Waals surface area contributed by atoms with Gasteiger partial charge in [-0.3, -0.25) is 4.90 Å². The van der Waals surface area contributed by atoms with Gasteiger partial charge in [0, 0.05) is 39.3 Å². The summed E-state index contributed by atoms with van der Waals surface area (Å²) in [6.45, 7) is 4.04. The van der Waals surface area contributed by atoms with Gasteiger partial charge in [0.15, 0.2) is 0 Å². The first kappa shape index (κ1) is 14.1. The molecule has 1 saturated heterocycles. The molecule has 106 valence electrons. The van der Waals surface area contributed by atoms with E-state index in [2.05, 4.69) is 15.9 Å². The number of ether oxygens (including phenoxy) is 1. The summed E-state index contributed by atoms with van der Waals surface area (Å²) in [5, 5.41) is 0. The van der Waals surface area contributed by atoms with E-state index in [4.69, 9.17) is 10.5 Å². The Hall–Kier alpha value is -1.33. The first-order valence-corrected chi connectivity index (χ1v) is 6.69. The number of methoxy groups -OCH3 is 1. The monoisotopic (exact) mass is 267 g/mol. The highest BCUT2D eigenvalue weighted by Crippen LogP contribution is 2.28. The van der Waals surface area contributed by atoms with Crippen molar-refractivity contribution in [1.82, 2.24) is 4.90 Å². The summed E-state index contributed by atoms with van der Waals surface area (Å²) in [5.74, 6) is 0.890. The third-order valence-electron chi connectivity index (χ3n) is 3.51. The molecule has 1 fully saturated rings. The Morgan fingerprint density at radius 1 is 1.26 bits per heavy atom. The lowest BCUT2D eigenvalue weighted by Gasteiger charge is -2.37. The number of hydrogen-bond acceptors (Lipinski definition) is 4. The minimum Gasteiger partial charge on any atom is -0.495 e. The molecular weight excluding hydrogens is 245 g/mol. The molecule has 1 atom stereocenters. The first-order valence-electron chi connectivity index (χ1n) is 6.69. The number of piperazine rings is 1. The van der Waals surface area contributed by atoms with Crippen molar-refractivity contribution in [2.24, 2.45) is 5.73 Å². The lowest BCUT2D eigenvalue weighted by molar-refractivity contribution is 0.186. The predicted molar refractivity (Wildman–Crippen MR) is 75.6 cm³/mol. The largest absolute Gasteiger partial charge is 0.495 e. The fourth-order valence-electron chi connectivity index (χ4n) is 2.42. The number of hydrogen-bond donors (Lipinski definition) is 1. The van der Waals surface area contributed by atoms with Crippen molar-refractivity contribution in [2.45, 2.75) is 6.17 Å². The summed E-state index contributed by atoms with van der Waals surface area (Å²) in [7, 11) is 1.68. The van der Waals surface area contributed by atoms with Gasteiger partial charge >= 0.3 is 0 Å². The first-order chi connectivity index (χ1) is 9.24. The van der Waals surface area contributed by atoms with Gasteiger partial charge in [-0.1, -0.05) is 12.1 Å². The Bertz CT molecular complexity index is 394. The number of anilines is 1. The lowest BCUT2D eigenvalue weighted by atomic mass is 10.2. The molecule has 0 unspecified atom stereocenters. The molecule has 1 aliphatic rings. The van der Waals surface area contributed by atoms with Crippen LogP contribution in [0.1, 0.15) is 0 Å². The third kappa shape index (κ3) is 3.58. The van der Waals surface area contributed by atoms with Gasteiger partial charge in [-0.15, -0.1) is 0 Å². The zero-order valence-electron chi connectivity index (χ0n) is 11.4. The summed E-state index contributed by atoms with van der Waals surface area (Å²) in [6.07, 6.45) is -0.919. The van der Waals surface area contributed by atoms with Crippen LogP contribution in [0.3, 0.4) is 0 Å². The van der Waals surface area contributed by atoms with Crippen LogP contribution in [0.15, 0.2) is 24.3 Å². The highest BCUT2D eigenvalue weighted by atomic mass is 19.1. The van der Waals surface area contributed by atoms with E-state index in [-0.39, 0.29) is 6.54 Å². The zero-order chi connectivity index (χ0) is 13.7. The number of nitrogens with two attached hydrogens (primary N) is 1. The van der Waals surface area contributed by atoms with E-state index in [9.17, 15) is 4.39 Å². The minimum atomic E-state index is -0.919. The quantitative estimate of drug-likeness (QED) is 0.868. The Morgan fingerprint density at radius 2 is 1.95 bits per heavy atom. The van der Waals surface area contributed by atoms with E-state index >= 15 is 0 Å². The Kier molecular flexibility index (Phi) is 4.99. The zero-order valence-corrected chi connectivity index (χ0v) is 11.4. The van der Waals surface area contributed by atoms with E-state index < -0.39 is 6.17 Å². The van der Waals surface area contributed by atoms with Crippen LogP contribution in [-0.4, -0.2) is 57.4 Å². The lowest BCUT2D eigenvalue weighted by Crippen LogP contribution is -2.48. The molecule has 0 aromatic heterocycles. The van der Waals surface area contributed by atoms with Crippen LogP contribution in [0.25, 0.3) is 0 Å². The van der Waals surface area contributed by atoms with Gasteiger partial charge in [0.25, 0.3) is 0 Å². The van der Waals surface area contributed by atoms with Gasteiger partial charge in [-0.2, -0.15) is 0 Å². The number of benzene rings is 1. The van der Waals surface area contributed by atoms with Crippen molar-refractivity contribution in [3.05, 3.63) is 24.3 Å². The van der Waals surface area contributed by atoms with Crippen LogP contribution in [0.5, 0.6) is 5.75 Å². The Labute approximate surface area is 113 Å². The van der Waals surface area contributed by atoms with Crippen LogP contribution < -0.4 is 15.4 Å². The predicted octanol–water partition coefficient (Wildman–Crippen LogP) is 1.11. The summed E-state index contributed by atoms with van der Waals surface area (Å²) < 4.78 is 18.6. The molecule has 0 saturated carbocycles. The van der Waals surface area contributed by atoms with Crippen molar-refractivity contribution in [1.29, 1.82) is 0 Å². The molecule has 4 nitrogen and oxygen atoms in total. The Morgan fingerprint density at radius 3 is 2.58 bits per heavy atom. The molecule has 0 aliphatic carbocycles. The maximum Gasteiger partial charge on any atom is 0.142 e. The van der Waals surface area contributed by atoms with Crippen LogP contribution in [0.4, 0.5) is 10.1 Å². The van der Waals surface area contributed by atoms with E-state index in [0.29, 0.717) is 6.54 Å². The van der Waals surface area contributed by atoms with Gasteiger partial charge in [0.2, 0.25) is 0 Å². The molecule has 1 aliphatic heterocycles. The second-order valence-electron chi connectivity index (χ2n) is 4.79. The van der Waals surface area contributed by atoms with Crippen LogP contribution in [-0.2, 0) is 0 Å². The van der Waals surface area contributed by atoms with Crippen LogP contribution in [0, 0.1) is 0 Å². The minimum absolute atomic E-state index is 0.104. The molecule has 1 aromatic rings. The molecular formula is C14H22FN3O. The topological polar surface area (TPSA) is 41.7 Å². The van der Waals surface area contributed by atoms with E-state index in [1.165, 1.54) is 0 Å². The number of nitrogens with zero attached hydrogens (tertiary/aromatic N) is 2. The molecule has 0 radical (unpaired) electrons. The second kappa shape index (κ2) is 6.73. The highest BCUT2D eigenvalue weighted by molar-refractivity contribution is 5.58. The SMILES string of the molecule is COc1ccccc1N1CCN(C[C@H](F)CN)CC1. The molecule has 2 N–H and O–H groups in total. The van der Waals surface area contributed by atoms with Crippen molar-refractivity contribution >= 4 is 5.69 Å². The van der Waals surface area contributed by atoms with Crippen molar-refractivity contribution in [3.8, 4) is 5.75 Å². The highest BCUT2D eigenvalue weighted by Gasteiger charge is 2.21. The fourth-order valence-corrected chi connectivity index (χ4v) is 2.42. The van der Waals surface area contributed by atoms with Gasteiger partial charge in [0.1, 0.15) is 11.9 Å². The van der Waals surface area contributed by atoms with Gasteiger partial charge in [-0.05, 0) is 12.1 Å². The van der Waals surface area contributed by atoms with Crippen molar-refractivity contribution in [3.63, 3.8) is 0 Å². The number of para-hydroxylation sites is 2. The van der Waals surface area contributed by atoms with E-state index in [1.807, 2.05) is 18.2 Å². The number of halogens is 1. The van der Waals surface area contributed by atoms with Crippen LogP contribution >= 0.6 is 0 Å².